The first-order valence-corrected chi connectivity index (χ1v) is 5.49. The quantitative estimate of drug-likeness (QED) is 0.502. The molecule has 17 heavy (non-hydrogen) atoms. The van der Waals surface area contributed by atoms with Crippen molar-refractivity contribution in [2.45, 2.75) is 6.92 Å². The second kappa shape index (κ2) is 7.39. The van der Waals surface area contributed by atoms with E-state index in [2.05, 4.69) is 4.65 Å². The molecule has 5 nitrogen and oxygen atoms in total. The fourth-order valence-corrected chi connectivity index (χ4v) is 1.36. The normalized spacial score (nSPS) is 10.1. The van der Waals surface area contributed by atoms with Crippen LogP contribution in [-0.4, -0.2) is 27.1 Å². The van der Waals surface area contributed by atoms with Crippen LogP contribution in [0.15, 0.2) is 18.2 Å². The van der Waals surface area contributed by atoms with Crippen LogP contribution in [0.3, 0.4) is 0 Å². The van der Waals surface area contributed by atoms with E-state index in [1.165, 1.54) is 18.2 Å². The van der Waals surface area contributed by atoms with E-state index in [0.717, 1.165) is 0 Å². The Balaban J connectivity index is 2.51. The molecule has 0 aromatic heterocycles. The van der Waals surface area contributed by atoms with Crippen molar-refractivity contribution >= 4 is 18.9 Å². The number of halogens is 1. The van der Waals surface area contributed by atoms with E-state index in [4.69, 9.17) is 21.1 Å². The van der Waals surface area contributed by atoms with Crippen molar-refractivity contribution < 1.29 is 24.2 Å². The first-order valence-electron chi connectivity index (χ1n) is 5.12. The lowest BCUT2D eigenvalue weighted by atomic mass is 10.2. The largest absolute Gasteiger partial charge is 0.860 e. The molecular formula is C10H12BClO5-2. The Morgan fingerprint density at radius 2 is 2.06 bits per heavy atom. The lowest BCUT2D eigenvalue weighted by Gasteiger charge is -2.26. The van der Waals surface area contributed by atoms with Crippen molar-refractivity contribution in [2.75, 3.05) is 19.8 Å². The number of ether oxygens (including phenoxy) is 2. The molecule has 1 aromatic rings. The summed E-state index contributed by atoms with van der Waals surface area (Å²) in [6.07, 6.45) is 0. The fraction of sp³-hybridized carbons (Fsp3) is 0.400. The van der Waals surface area contributed by atoms with E-state index in [1.807, 2.05) is 6.92 Å². The van der Waals surface area contributed by atoms with E-state index in [9.17, 15) is 10.0 Å². The van der Waals surface area contributed by atoms with Crippen LogP contribution >= 0.6 is 11.6 Å². The van der Waals surface area contributed by atoms with Gasteiger partial charge in [0, 0.05) is 12.7 Å². The van der Waals surface area contributed by atoms with E-state index in [0.29, 0.717) is 25.6 Å². The van der Waals surface area contributed by atoms with Gasteiger partial charge in [-0.15, -0.1) is 0 Å². The zero-order valence-electron chi connectivity index (χ0n) is 9.35. The highest BCUT2D eigenvalue weighted by Crippen LogP contribution is 2.28. The summed E-state index contributed by atoms with van der Waals surface area (Å²) in [6, 6.07) is 4.34. The highest BCUT2D eigenvalue weighted by atomic mass is 35.5. The summed E-state index contributed by atoms with van der Waals surface area (Å²) in [7, 11) is -2.37. The summed E-state index contributed by atoms with van der Waals surface area (Å²) in [5, 5.41) is 20.8. The summed E-state index contributed by atoms with van der Waals surface area (Å²) >= 11 is 5.88. The molecule has 1 aromatic carbocycles. The van der Waals surface area contributed by atoms with Crippen molar-refractivity contribution in [1.82, 2.24) is 0 Å². The SMILES string of the molecule is CCOCCOc1ccc(OB([O-])[O-])cc1Cl. The van der Waals surface area contributed by atoms with Crippen LogP contribution in [0.2, 0.25) is 5.02 Å². The topological polar surface area (TPSA) is 73.8 Å². The summed E-state index contributed by atoms with van der Waals surface area (Å²) in [5.74, 6) is 0.578. The molecule has 0 radical (unpaired) electrons. The second-order valence-corrected chi connectivity index (χ2v) is 3.45. The van der Waals surface area contributed by atoms with Crippen LogP contribution in [0.5, 0.6) is 11.5 Å². The van der Waals surface area contributed by atoms with Gasteiger partial charge in [-0.2, -0.15) is 0 Å². The van der Waals surface area contributed by atoms with Crippen molar-refractivity contribution in [2.24, 2.45) is 0 Å². The molecule has 0 amide bonds. The molecule has 0 N–H and O–H groups in total. The molecule has 0 saturated heterocycles. The highest BCUT2D eigenvalue weighted by Gasteiger charge is 2.03. The number of benzene rings is 1. The third-order valence-electron chi connectivity index (χ3n) is 1.83. The standard InChI is InChI=1S/C10H12BClO5/c1-2-15-5-6-16-10-4-3-8(7-9(10)12)17-11(13)14/h3-4,7H,2,5-6H2,1H3/q-2. The van der Waals surface area contributed by atoms with Crippen molar-refractivity contribution in [3.05, 3.63) is 23.2 Å². The van der Waals surface area contributed by atoms with E-state index < -0.39 is 7.32 Å². The smallest absolute Gasteiger partial charge is 0.138 e. The average Bonchev–Trinajstić information content (AvgIpc) is 2.26. The summed E-state index contributed by atoms with van der Waals surface area (Å²) in [6.45, 7) is 3.35. The molecule has 94 valence electrons. The van der Waals surface area contributed by atoms with Gasteiger partial charge in [-0.3, -0.25) is 0 Å². The Morgan fingerprint density at radius 3 is 2.65 bits per heavy atom. The Labute approximate surface area is 105 Å². The van der Waals surface area contributed by atoms with Gasteiger partial charge in [-0.1, -0.05) is 11.6 Å². The predicted octanol–water partition coefficient (Wildman–Crippen LogP) is -0.160. The number of rotatable bonds is 7. The third kappa shape index (κ3) is 5.27. The number of hydrogen-bond donors (Lipinski definition) is 0. The van der Waals surface area contributed by atoms with E-state index in [-0.39, 0.29) is 10.8 Å². The highest BCUT2D eigenvalue weighted by molar-refractivity contribution is 6.32. The maximum atomic E-state index is 10.3. The van der Waals surface area contributed by atoms with Gasteiger partial charge < -0.3 is 24.2 Å². The van der Waals surface area contributed by atoms with Crippen molar-refractivity contribution in [3.8, 4) is 11.5 Å². The van der Waals surface area contributed by atoms with Gasteiger partial charge in [0.2, 0.25) is 0 Å². The Bertz CT molecular complexity index is 347. The average molecular weight is 258 g/mol. The minimum atomic E-state index is -2.37. The molecule has 1 rings (SSSR count). The molecule has 0 aliphatic heterocycles. The van der Waals surface area contributed by atoms with Gasteiger partial charge in [0.05, 0.1) is 17.4 Å². The molecule has 0 fully saturated rings. The Morgan fingerprint density at radius 1 is 1.29 bits per heavy atom. The molecule has 0 aliphatic rings. The van der Waals surface area contributed by atoms with Gasteiger partial charge in [-0.05, 0) is 19.1 Å². The molecule has 0 bridgehead atoms. The van der Waals surface area contributed by atoms with E-state index in [1.54, 1.807) is 0 Å². The van der Waals surface area contributed by atoms with Gasteiger partial charge >= 0.3 is 0 Å². The van der Waals surface area contributed by atoms with Crippen LogP contribution in [-0.2, 0) is 4.74 Å². The van der Waals surface area contributed by atoms with Crippen LogP contribution in [0.1, 0.15) is 6.92 Å². The molecule has 0 unspecified atom stereocenters. The predicted molar refractivity (Wildman–Crippen MR) is 59.8 cm³/mol. The van der Waals surface area contributed by atoms with Crippen molar-refractivity contribution in [1.29, 1.82) is 0 Å². The molecule has 0 saturated carbocycles. The summed E-state index contributed by atoms with van der Waals surface area (Å²) < 4.78 is 14.8. The maximum absolute atomic E-state index is 10.3. The monoisotopic (exact) mass is 258 g/mol. The first kappa shape index (κ1) is 14.1. The van der Waals surface area contributed by atoms with Crippen LogP contribution < -0.4 is 19.4 Å². The zero-order valence-corrected chi connectivity index (χ0v) is 10.1. The van der Waals surface area contributed by atoms with Crippen molar-refractivity contribution in [3.63, 3.8) is 0 Å². The molecule has 0 atom stereocenters. The molecular weight excluding hydrogens is 246 g/mol. The van der Waals surface area contributed by atoms with Gasteiger partial charge in [0.25, 0.3) is 0 Å². The van der Waals surface area contributed by atoms with Crippen LogP contribution in [0, 0.1) is 0 Å². The number of hydrogen-bond acceptors (Lipinski definition) is 5. The van der Waals surface area contributed by atoms with Gasteiger partial charge in [-0.25, -0.2) is 0 Å². The first-order chi connectivity index (χ1) is 8.13. The molecule has 0 spiro atoms. The lowest BCUT2D eigenvalue weighted by Crippen LogP contribution is -2.50. The lowest BCUT2D eigenvalue weighted by molar-refractivity contribution is -0.372. The zero-order chi connectivity index (χ0) is 12.7. The Hall–Kier alpha value is -0.945. The summed E-state index contributed by atoms with van der Waals surface area (Å²) in [5.41, 5.74) is 0. The third-order valence-corrected chi connectivity index (χ3v) is 2.12. The van der Waals surface area contributed by atoms with Crippen LogP contribution in [0.4, 0.5) is 0 Å². The van der Waals surface area contributed by atoms with E-state index >= 15 is 0 Å². The van der Waals surface area contributed by atoms with Gasteiger partial charge in [0.15, 0.2) is 0 Å². The Kier molecular flexibility index (Phi) is 6.14. The minimum Gasteiger partial charge on any atom is -0.860 e. The minimum absolute atomic E-state index is 0.127. The fourth-order valence-electron chi connectivity index (χ4n) is 1.14. The van der Waals surface area contributed by atoms with Gasteiger partial charge in [0.1, 0.15) is 19.7 Å². The molecule has 0 heterocycles. The molecule has 7 heteroatoms. The molecule has 0 aliphatic carbocycles. The second-order valence-electron chi connectivity index (χ2n) is 3.04. The summed E-state index contributed by atoms with van der Waals surface area (Å²) in [4.78, 5) is 0. The van der Waals surface area contributed by atoms with Crippen LogP contribution in [0.25, 0.3) is 0 Å². The maximum Gasteiger partial charge on any atom is 0.138 e.